The Morgan fingerprint density at radius 2 is 2.06 bits per heavy atom. The monoisotopic (exact) mass is 239 g/mol. The Hall–Kier alpha value is -1.29. The van der Waals surface area contributed by atoms with Gasteiger partial charge in [-0.1, -0.05) is 12.8 Å². The quantitative estimate of drug-likeness (QED) is 0.804. The van der Waals surface area contributed by atoms with Gasteiger partial charge >= 0.3 is 0 Å². The van der Waals surface area contributed by atoms with Crippen LogP contribution in [-0.4, -0.2) is 18.4 Å². The van der Waals surface area contributed by atoms with Crippen LogP contribution in [-0.2, 0) is 0 Å². The lowest BCUT2D eigenvalue weighted by Crippen LogP contribution is -2.36. The molecule has 0 bridgehead atoms. The van der Waals surface area contributed by atoms with E-state index in [0.717, 1.165) is 44.4 Å². The summed E-state index contributed by atoms with van der Waals surface area (Å²) in [6.45, 7) is 0.777. The number of rotatable bonds is 2. The average molecular weight is 239 g/mol. The first-order valence-corrected chi connectivity index (χ1v) is 5.91. The molecule has 1 unspecified atom stereocenters. The zero-order chi connectivity index (χ0) is 12.3. The first-order valence-electron chi connectivity index (χ1n) is 5.91. The molecule has 1 aromatic rings. The summed E-state index contributed by atoms with van der Waals surface area (Å²) in [4.78, 5) is 12.1. The maximum Gasteiger partial charge on any atom is 0.182 e. The summed E-state index contributed by atoms with van der Waals surface area (Å²) in [6, 6.07) is 2.76. The van der Waals surface area contributed by atoms with Crippen LogP contribution in [0.5, 0.6) is 0 Å². The Balaban J connectivity index is 2.17. The topological polar surface area (TPSA) is 29.1 Å². The lowest BCUT2D eigenvalue weighted by atomic mass is 10.00. The molecule has 0 amide bonds. The molecular formula is C13H15F2NO. The van der Waals surface area contributed by atoms with E-state index < -0.39 is 11.6 Å². The standard InChI is InChI=1S/C13H15F2NO/c14-9-5-6-10(11(15)8-9)13(17)12-4-2-1-3-7-16-12/h5-6,8,12,16H,1-4,7H2. The van der Waals surface area contributed by atoms with Gasteiger partial charge in [-0.2, -0.15) is 0 Å². The smallest absolute Gasteiger partial charge is 0.182 e. The lowest BCUT2D eigenvalue weighted by molar-refractivity contribution is 0.0936. The van der Waals surface area contributed by atoms with Crippen LogP contribution in [0.2, 0.25) is 0 Å². The van der Waals surface area contributed by atoms with Crippen LogP contribution in [0.15, 0.2) is 18.2 Å². The van der Waals surface area contributed by atoms with Gasteiger partial charge in [0.2, 0.25) is 0 Å². The summed E-state index contributed by atoms with van der Waals surface area (Å²) in [5.41, 5.74) is -0.0224. The van der Waals surface area contributed by atoms with Crippen molar-refractivity contribution >= 4 is 5.78 Å². The molecule has 4 heteroatoms. The second-order valence-corrected chi connectivity index (χ2v) is 4.34. The molecular weight excluding hydrogens is 224 g/mol. The maximum atomic E-state index is 13.5. The highest BCUT2D eigenvalue weighted by atomic mass is 19.1. The van der Waals surface area contributed by atoms with Crippen molar-refractivity contribution in [2.45, 2.75) is 31.7 Å². The van der Waals surface area contributed by atoms with Crippen molar-refractivity contribution in [1.82, 2.24) is 5.32 Å². The summed E-state index contributed by atoms with van der Waals surface area (Å²) in [5.74, 6) is -1.71. The summed E-state index contributed by atoms with van der Waals surface area (Å²) >= 11 is 0. The van der Waals surface area contributed by atoms with Gasteiger partial charge in [0.05, 0.1) is 11.6 Å². The molecule has 1 saturated heterocycles. The van der Waals surface area contributed by atoms with E-state index in [2.05, 4.69) is 5.32 Å². The van der Waals surface area contributed by atoms with Gasteiger partial charge < -0.3 is 5.32 Å². The van der Waals surface area contributed by atoms with Crippen molar-refractivity contribution in [2.24, 2.45) is 0 Å². The largest absolute Gasteiger partial charge is 0.307 e. The predicted octanol–water partition coefficient (Wildman–Crippen LogP) is 2.68. The first kappa shape index (κ1) is 12.2. The lowest BCUT2D eigenvalue weighted by Gasteiger charge is -2.14. The van der Waals surface area contributed by atoms with Gasteiger partial charge in [0.1, 0.15) is 11.6 Å². The number of Topliss-reactive ketones (excluding diaryl/α,β-unsaturated/α-hetero) is 1. The number of ketones is 1. The van der Waals surface area contributed by atoms with Crippen LogP contribution in [0.3, 0.4) is 0 Å². The Morgan fingerprint density at radius 3 is 2.82 bits per heavy atom. The van der Waals surface area contributed by atoms with E-state index in [4.69, 9.17) is 0 Å². The van der Waals surface area contributed by atoms with Crippen LogP contribution in [0.4, 0.5) is 8.78 Å². The zero-order valence-corrected chi connectivity index (χ0v) is 9.51. The van der Waals surface area contributed by atoms with Crippen LogP contribution >= 0.6 is 0 Å². The van der Waals surface area contributed by atoms with E-state index in [1.165, 1.54) is 6.07 Å². The molecule has 1 fully saturated rings. The highest BCUT2D eigenvalue weighted by Gasteiger charge is 2.23. The molecule has 1 aliphatic heterocycles. The van der Waals surface area contributed by atoms with Gasteiger partial charge in [0, 0.05) is 6.07 Å². The number of carbonyl (C=O) groups is 1. The van der Waals surface area contributed by atoms with Gasteiger partial charge in [0.15, 0.2) is 5.78 Å². The third-order valence-corrected chi connectivity index (χ3v) is 3.07. The van der Waals surface area contributed by atoms with Crippen molar-refractivity contribution < 1.29 is 13.6 Å². The van der Waals surface area contributed by atoms with E-state index in [1.54, 1.807) is 0 Å². The number of benzene rings is 1. The number of hydrogen-bond donors (Lipinski definition) is 1. The van der Waals surface area contributed by atoms with Gasteiger partial charge in [-0.15, -0.1) is 0 Å². The van der Waals surface area contributed by atoms with Crippen LogP contribution < -0.4 is 5.32 Å². The fraction of sp³-hybridized carbons (Fsp3) is 0.462. The molecule has 2 nitrogen and oxygen atoms in total. The highest BCUT2D eigenvalue weighted by molar-refractivity contribution is 6.00. The van der Waals surface area contributed by atoms with Gasteiger partial charge in [-0.25, -0.2) is 8.78 Å². The van der Waals surface area contributed by atoms with E-state index in [0.29, 0.717) is 0 Å². The number of carbonyl (C=O) groups excluding carboxylic acids is 1. The predicted molar refractivity (Wildman–Crippen MR) is 60.9 cm³/mol. The minimum Gasteiger partial charge on any atom is -0.307 e. The molecule has 0 aromatic heterocycles. The molecule has 0 spiro atoms. The van der Waals surface area contributed by atoms with Crippen LogP contribution in [0, 0.1) is 11.6 Å². The van der Waals surface area contributed by atoms with Crippen molar-refractivity contribution in [3.63, 3.8) is 0 Å². The summed E-state index contributed by atoms with van der Waals surface area (Å²) in [7, 11) is 0. The average Bonchev–Trinajstić information content (AvgIpc) is 2.56. The van der Waals surface area contributed by atoms with Gasteiger partial charge in [-0.3, -0.25) is 4.79 Å². The number of nitrogens with one attached hydrogen (secondary N) is 1. The number of hydrogen-bond acceptors (Lipinski definition) is 2. The molecule has 0 aliphatic carbocycles. The molecule has 92 valence electrons. The Morgan fingerprint density at radius 1 is 1.24 bits per heavy atom. The Labute approximate surface area is 99.0 Å². The molecule has 1 aliphatic rings. The maximum absolute atomic E-state index is 13.5. The van der Waals surface area contributed by atoms with E-state index in [-0.39, 0.29) is 17.4 Å². The summed E-state index contributed by atoms with van der Waals surface area (Å²) in [5, 5.41) is 3.11. The first-order chi connectivity index (χ1) is 8.18. The van der Waals surface area contributed by atoms with Crippen LogP contribution in [0.25, 0.3) is 0 Å². The summed E-state index contributed by atoms with van der Waals surface area (Å²) < 4.78 is 26.2. The normalized spacial score (nSPS) is 20.9. The van der Waals surface area contributed by atoms with Crippen molar-refractivity contribution in [2.75, 3.05) is 6.54 Å². The highest BCUT2D eigenvalue weighted by Crippen LogP contribution is 2.16. The SMILES string of the molecule is O=C(c1ccc(F)cc1F)C1CCCCCN1. The van der Waals surface area contributed by atoms with E-state index >= 15 is 0 Å². The molecule has 2 rings (SSSR count). The van der Waals surface area contributed by atoms with Gasteiger partial charge in [-0.05, 0) is 31.5 Å². The Bertz CT molecular complexity index is 412. The Kier molecular flexibility index (Phi) is 3.84. The van der Waals surface area contributed by atoms with Crippen LogP contribution in [0.1, 0.15) is 36.0 Å². The van der Waals surface area contributed by atoms with E-state index in [9.17, 15) is 13.6 Å². The third kappa shape index (κ3) is 2.88. The third-order valence-electron chi connectivity index (χ3n) is 3.07. The second-order valence-electron chi connectivity index (χ2n) is 4.34. The molecule has 1 aromatic carbocycles. The molecule has 1 atom stereocenters. The molecule has 1 N–H and O–H groups in total. The fourth-order valence-electron chi connectivity index (χ4n) is 2.13. The minimum atomic E-state index is -0.777. The second kappa shape index (κ2) is 5.36. The summed E-state index contributed by atoms with van der Waals surface area (Å²) in [6.07, 6.45) is 3.81. The van der Waals surface area contributed by atoms with Crippen molar-refractivity contribution in [1.29, 1.82) is 0 Å². The minimum absolute atomic E-state index is 0.0224. The fourth-order valence-corrected chi connectivity index (χ4v) is 2.13. The molecule has 0 radical (unpaired) electrons. The van der Waals surface area contributed by atoms with Gasteiger partial charge in [0.25, 0.3) is 0 Å². The molecule has 0 saturated carbocycles. The molecule has 1 heterocycles. The molecule has 17 heavy (non-hydrogen) atoms. The number of halogens is 2. The zero-order valence-electron chi connectivity index (χ0n) is 9.51. The van der Waals surface area contributed by atoms with Crippen molar-refractivity contribution in [3.8, 4) is 0 Å². The van der Waals surface area contributed by atoms with Crippen molar-refractivity contribution in [3.05, 3.63) is 35.4 Å². The van der Waals surface area contributed by atoms with E-state index in [1.807, 2.05) is 0 Å².